The summed E-state index contributed by atoms with van der Waals surface area (Å²) in [7, 11) is 0. The van der Waals surface area contributed by atoms with Gasteiger partial charge in [0.25, 0.3) is 0 Å². The van der Waals surface area contributed by atoms with Crippen molar-refractivity contribution in [2.45, 2.75) is 46.1 Å². The molecule has 0 aliphatic heterocycles. The van der Waals surface area contributed by atoms with Gasteiger partial charge in [-0.25, -0.2) is 0 Å². The van der Waals surface area contributed by atoms with Gasteiger partial charge in [0.1, 0.15) is 0 Å². The van der Waals surface area contributed by atoms with Crippen LogP contribution in [0.1, 0.15) is 51.6 Å². The Morgan fingerprint density at radius 3 is 2.35 bits per heavy atom. The fourth-order valence-electron chi connectivity index (χ4n) is 1.98. The molecule has 1 atom stereocenters. The fourth-order valence-corrected chi connectivity index (χ4v) is 2.11. The summed E-state index contributed by atoms with van der Waals surface area (Å²) in [6.07, 6.45) is 3.66. The molecular weight excluding hydrogens is 230 g/mol. The first kappa shape index (κ1) is 14.5. The molecule has 96 valence electrons. The Labute approximate surface area is 111 Å². The van der Waals surface area contributed by atoms with E-state index in [-0.39, 0.29) is 0 Å². The maximum absolute atomic E-state index is 5.90. The van der Waals surface area contributed by atoms with E-state index in [0.717, 1.165) is 23.9 Å². The summed E-state index contributed by atoms with van der Waals surface area (Å²) in [5.74, 6) is 0.799. The van der Waals surface area contributed by atoms with Crippen molar-refractivity contribution in [1.82, 2.24) is 5.32 Å². The molecule has 1 N–H and O–H groups in total. The van der Waals surface area contributed by atoms with Crippen molar-refractivity contribution in [3.8, 4) is 0 Å². The Bertz CT molecular complexity index is 305. The van der Waals surface area contributed by atoms with Gasteiger partial charge in [-0.05, 0) is 49.4 Å². The Kier molecular flexibility index (Phi) is 6.61. The maximum atomic E-state index is 5.90. The van der Waals surface area contributed by atoms with Crippen LogP contribution in [0.15, 0.2) is 24.3 Å². The highest BCUT2D eigenvalue weighted by atomic mass is 35.5. The Morgan fingerprint density at radius 2 is 1.82 bits per heavy atom. The summed E-state index contributed by atoms with van der Waals surface area (Å²) in [5, 5.41) is 4.43. The molecule has 0 aromatic heterocycles. The van der Waals surface area contributed by atoms with Crippen LogP contribution in [-0.4, -0.2) is 6.54 Å². The molecule has 0 bridgehead atoms. The first-order chi connectivity index (χ1) is 8.13. The highest BCUT2D eigenvalue weighted by Gasteiger charge is 2.07. The summed E-state index contributed by atoms with van der Waals surface area (Å²) in [6, 6.07) is 8.63. The van der Waals surface area contributed by atoms with Crippen LogP contribution in [0.4, 0.5) is 0 Å². The number of hydrogen-bond donors (Lipinski definition) is 1. The van der Waals surface area contributed by atoms with Gasteiger partial charge < -0.3 is 5.32 Å². The van der Waals surface area contributed by atoms with Crippen LogP contribution in [0.5, 0.6) is 0 Å². The molecule has 1 rings (SSSR count). The molecule has 1 unspecified atom stereocenters. The van der Waals surface area contributed by atoms with Crippen LogP contribution >= 0.6 is 11.6 Å². The minimum atomic E-state index is 0.458. The second-order valence-electron chi connectivity index (χ2n) is 5.00. The van der Waals surface area contributed by atoms with E-state index in [0.29, 0.717) is 6.04 Å². The zero-order valence-electron chi connectivity index (χ0n) is 11.2. The Hall–Kier alpha value is -0.530. The number of nitrogens with one attached hydrogen (secondary N) is 1. The predicted molar refractivity (Wildman–Crippen MR) is 76.6 cm³/mol. The predicted octanol–water partition coefficient (Wildman–Crippen LogP) is 4.82. The molecular formula is C15H24ClN. The third-order valence-electron chi connectivity index (χ3n) is 3.03. The van der Waals surface area contributed by atoms with Crippen molar-refractivity contribution in [2.75, 3.05) is 6.54 Å². The van der Waals surface area contributed by atoms with E-state index in [1.54, 1.807) is 0 Å². The van der Waals surface area contributed by atoms with Crippen molar-refractivity contribution < 1.29 is 0 Å². The first-order valence-electron chi connectivity index (χ1n) is 6.62. The van der Waals surface area contributed by atoms with Crippen LogP contribution in [0.2, 0.25) is 5.02 Å². The number of hydrogen-bond acceptors (Lipinski definition) is 1. The summed E-state index contributed by atoms with van der Waals surface area (Å²) in [5.41, 5.74) is 1.33. The molecule has 1 aromatic carbocycles. The van der Waals surface area contributed by atoms with Crippen LogP contribution in [-0.2, 0) is 0 Å². The van der Waals surface area contributed by atoms with E-state index >= 15 is 0 Å². The normalized spacial score (nSPS) is 13.0. The average Bonchev–Trinajstić information content (AvgIpc) is 2.30. The minimum Gasteiger partial charge on any atom is -0.310 e. The molecule has 0 saturated heterocycles. The summed E-state index contributed by atoms with van der Waals surface area (Å²) in [4.78, 5) is 0. The highest BCUT2D eigenvalue weighted by Crippen LogP contribution is 2.19. The number of benzene rings is 1. The van der Waals surface area contributed by atoms with E-state index in [1.807, 2.05) is 12.1 Å². The van der Waals surface area contributed by atoms with Crippen LogP contribution in [0.25, 0.3) is 0 Å². The van der Waals surface area contributed by atoms with Gasteiger partial charge in [-0.3, -0.25) is 0 Å². The molecule has 0 aliphatic rings. The third kappa shape index (κ3) is 5.56. The van der Waals surface area contributed by atoms with Gasteiger partial charge in [-0.1, -0.05) is 44.5 Å². The lowest BCUT2D eigenvalue weighted by Gasteiger charge is -2.18. The second kappa shape index (κ2) is 7.73. The van der Waals surface area contributed by atoms with Crippen molar-refractivity contribution in [3.63, 3.8) is 0 Å². The smallest absolute Gasteiger partial charge is 0.0406 e. The summed E-state index contributed by atoms with van der Waals surface area (Å²) in [6.45, 7) is 7.86. The van der Waals surface area contributed by atoms with Gasteiger partial charge >= 0.3 is 0 Å². The largest absolute Gasteiger partial charge is 0.310 e. The molecule has 0 heterocycles. The summed E-state index contributed by atoms with van der Waals surface area (Å²) >= 11 is 5.90. The van der Waals surface area contributed by atoms with Gasteiger partial charge in [0, 0.05) is 11.1 Å². The molecule has 1 nitrogen and oxygen atoms in total. The van der Waals surface area contributed by atoms with Crippen LogP contribution in [0.3, 0.4) is 0 Å². The van der Waals surface area contributed by atoms with Gasteiger partial charge in [0.05, 0.1) is 0 Å². The van der Waals surface area contributed by atoms with E-state index < -0.39 is 0 Å². The molecule has 0 amide bonds. The lowest BCUT2D eigenvalue weighted by Crippen LogP contribution is -2.22. The minimum absolute atomic E-state index is 0.458. The quantitative estimate of drug-likeness (QED) is 0.687. The summed E-state index contributed by atoms with van der Waals surface area (Å²) < 4.78 is 0. The fraction of sp³-hybridized carbons (Fsp3) is 0.600. The average molecular weight is 254 g/mol. The molecule has 2 heteroatoms. The van der Waals surface area contributed by atoms with Crippen LogP contribution < -0.4 is 5.32 Å². The van der Waals surface area contributed by atoms with Crippen molar-refractivity contribution in [2.24, 2.45) is 5.92 Å². The monoisotopic (exact) mass is 253 g/mol. The zero-order valence-corrected chi connectivity index (χ0v) is 11.9. The van der Waals surface area contributed by atoms with E-state index in [2.05, 4.69) is 38.2 Å². The SMILES string of the molecule is CCC(NCCCC(C)C)c1ccc(Cl)cc1. The van der Waals surface area contributed by atoms with E-state index in [9.17, 15) is 0 Å². The molecule has 1 aromatic rings. The number of rotatable bonds is 7. The Morgan fingerprint density at radius 1 is 1.18 bits per heavy atom. The van der Waals surface area contributed by atoms with Gasteiger partial charge in [0.15, 0.2) is 0 Å². The van der Waals surface area contributed by atoms with Crippen molar-refractivity contribution >= 4 is 11.6 Å². The third-order valence-corrected chi connectivity index (χ3v) is 3.28. The van der Waals surface area contributed by atoms with Crippen molar-refractivity contribution in [3.05, 3.63) is 34.9 Å². The molecule has 0 spiro atoms. The topological polar surface area (TPSA) is 12.0 Å². The molecule has 0 aliphatic carbocycles. The van der Waals surface area contributed by atoms with Gasteiger partial charge in [-0.15, -0.1) is 0 Å². The number of halogens is 1. The van der Waals surface area contributed by atoms with Crippen LogP contribution in [0, 0.1) is 5.92 Å². The molecule has 0 radical (unpaired) electrons. The Balaban J connectivity index is 2.40. The zero-order chi connectivity index (χ0) is 12.7. The first-order valence-corrected chi connectivity index (χ1v) is 7.00. The van der Waals surface area contributed by atoms with E-state index in [1.165, 1.54) is 18.4 Å². The van der Waals surface area contributed by atoms with E-state index in [4.69, 9.17) is 11.6 Å². The van der Waals surface area contributed by atoms with Gasteiger partial charge in [0.2, 0.25) is 0 Å². The molecule has 0 fully saturated rings. The lowest BCUT2D eigenvalue weighted by molar-refractivity contribution is 0.473. The highest BCUT2D eigenvalue weighted by molar-refractivity contribution is 6.30. The molecule has 17 heavy (non-hydrogen) atoms. The van der Waals surface area contributed by atoms with Gasteiger partial charge in [-0.2, -0.15) is 0 Å². The standard InChI is InChI=1S/C15H24ClN/c1-4-15(17-11-5-6-12(2)3)13-7-9-14(16)10-8-13/h7-10,12,15,17H,4-6,11H2,1-3H3. The molecule has 0 saturated carbocycles. The maximum Gasteiger partial charge on any atom is 0.0406 e. The second-order valence-corrected chi connectivity index (χ2v) is 5.44. The lowest BCUT2D eigenvalue weighted by atomic mass is 10.0. The van der Waals surface area contributed by atoms with Crippen molar-refractivity contribution in [1.29, 1.82) is 0 Å².